The Balaban J connectivity index is 1.67. The molecule has 114 valence electrons. The second kappa shape index (κ2) is 6.02. The molecule has 22 heavy (non-hydrogen) atoms. The van der Waals surface area contributed by atoms with Crippen LogP contribution in [0.1, 0.15) is 30.6 Å². The number of halogens is 1. The van der Waals surface area contributed by atoms with Gasteiger partial charge >= 0.3 is 0 Å². The highest BCUT2D eigenvalue weighted by Gasteiger charge is 2.16. The Labute approximate surface area is 125 Å². The Morgan fingerprint density at radius 2 is 2.09 bits per heavy atom. The number of nitrogens with zero attached hydrogens (tertiary/aromatic N) is 4. The summed E-state index contributed by atoms with van der Waals surface area (Å²) in [5.41, 5.74) is 0.566. The molecule has 3 rings (SSSR count). The zero-order valence-electron chi connectivity index (χ0n) is 12.1. The van der Waals surface area contributed by atoms with Crippen LogP contribution in [0, 0.1) is 12.7 Å². The van der Waals surface area contributed by atoms with Gasteiger partial charge in [0.1, 0.15) is 5.82 Å². The lowest BCUT2D eigenvalue weighted by Gasteiger charge is -2.06. The molecule has 0 saturated heterocycles. The molecular formula is C14H14FN5O2. The first-order valence-corrected chi connectivity index (χ1v) is 6.74. The summed E-state index contributed by atoms with van der Waals surface area (Å²) in [7, 11) is 0. The normalized spacial score (nSPS) is 12.5. The molecule has 8 heteroatoms. The zero-order valence-corrected chi connectivity index (χ0v) is 12.1. The minimum absolute atomic E-state index is 0.200. The van der Waals surface area contributed by atoms with Gasteiger partial charge in [-0.15, -0.1) is 0 Å². The molecule has 3 aromatic rings. The predicted octanol–water partition coefficient (Wildman–Crippen LogP) is 2.42. The standard InChI is InChI=1S/C14H14FN5O2/c1-8(16-7-12-17-9(2)21-19-12)14-18-13(20-22-14)10-4-3-5-11(15)6-10/h3-6,8,16H,7H2,1-2H3. The molecule has 0 aliphatic carbocycles. The van der Waals surface area contributed by atoms with Crippen LogP contribution in [0.2, 0.25) is 0 Å². The highest BCUT2D eigenvalue weighted by Crippen LogP contribution is 2.19. The van der Waals surface area contributed by atoms with Crippen molar-refractivity contribution in [2.45, 2.75) is 26.4 Å². The van der Waals surface area contributed by atoms with E-state index >= 15 is 0 Å². The van der Waals surface area contributed by atoms with E-state index in [4.69, 9.17) is 9.05 Å². The smallest absolute Gasteiger partial charge is 0.243 e. The number of rotatable bonds is 5. The van der Waals surface area contributed by atoms with Gasteiger partial charge in [-0.1, -0.05) is 22.4 Å². The van der Waals surface area contributed by atoms with Gasteiger partial charge in [-0.05, 0) is 19.1 Å². The minimum Gasteiger partial charge on any atom is -0.340 e. The Bertz CT molecular complexity index is 770. The molecule has 2 aromatic heterocycles. The van der Waals surface area contributed by atoms with Gasteiger partial charge in [-0.25, -0.2) is 4.39 Å². The SMILES string of the molecule is Cc1nc(CNC(C)c2nc(-c3cccc(F)c3)no2)no1. The van der Waals surface area contributed by atoms with E-state index in [2.05, 4.69) is 25.6 Å². The summed E-state index contributed by atoms with van der Waals surface area (Å²) >= 11 is 0. The first-order chi connectivity index (χ1) is 10.6. The van der Waals surface area contributed by atoms with Crippen LogP contribution in [-0.4, -0.2) is 20.3 Å². The fourth-order valence-electron chi connectivity index (χ4n) is 1.90. The van der Waals surface area contributed by atoms with Gasteiger partial charge in [-0.2, -0.15) is 9.97 Å². The summed E-state index contributed by atoms with van der Waals surface area (Å²) in [6.45, 7) is 4.01. The number of hydrogen-bond acceptors (Lipinski definition) is 7. The largest absolute Gasteiger partial charge is 0.340 e. The molecule has 1 aromatic carbocycles. The lowest BCUT2D eigenvalue weighted by Crippen LogP contribution is -2.19. The molecule has 2 heterocycles. The van der Waals surface area contributed by atoms with E-state index in [0.717, 1.165) is 0 Å². The van der Waals surface area contributed by atoms with E-state index in [-0.39, 0.29) is 11.9 Å². The van der Waals surface area contributed by atoms with Gasteiger partial charge < -0.3 is 9.05 Å². The van der Waals surface area contributed by atoms with E-state index in [9.17, 15) is 4.39 Å². The Morgan fingerprint density at radius 1 is 1.23 bits per heavy atom. The molecule has 1 atom stereocenters. The number of aromatic nitrogens is 4. The van der Waals surface area contributed by atoms with Gasteiger partial charge in [0.25, 0.3) is 0 Å². The monoisotopic (exact) mass is 303 g/mol. The highest BCUT2D eigenvalue weighted by molar-refractivity contribution is 5.53. The molecule has 0 aliphatic heterocycles. The van der Waals surface area contributed by atoms with E-state index in [1.165, 1.54) is 12.1 Å². The van der Waals surface area contributed by atoms with Gasteiger partial charge in [-0.3, -0.25) is 5.32 Å². The third-order valence-corrected chi connectivity index (χ3v) is 3.03. The molecule has 0 spiro atoms. The topological polar surface area (TPSA) is 89.9 Å². The molecule has 7 nitrogen and oxygen atoms in total. The summed E-state index contributed by atoms with van der Waals surface area (Å²) in [6, 6.07) is 5.84. The number of aryl methyl sites for hydroxylation is 1. The van der Waals surface area contributed by atoms with Gasteiger partial charge in [0.05, 0.1) is 12.6 Å². The van der Waals surface area contributed by atoms with E-state index < -0.39 is 0 Å². The van der Waals surface area contributed by atoms with Crippen LogP contribution in [0.5, 0.6) is 0 Å². The van der Waals surface area contributed by atoms with Crippen molar-refractivity contribution in [2.24, 2.45) is 0 Å². The van der Waals surface area contributed by atoms with Crippen molar-refractivity contribution >= 4 is 0 Å². The molecule has 0 aliphatic rings. The number of hydrogen-bond donors (Lipinski definition) is 1. The zero-order chi connectivity index (χ0) is 15.5. The molecule has 0 bridgehead atoms. The van der Waals surface area contributed by atoms with Crippen LogP contribution >= 0.6 is 0 Å². The van der Waals surface area contributed by atoms with Crippen molar-refractivity contribution in [3.05, 3.63) is 47.7 Å². The molecule has 1 N–H and O–H groups in total. The second-order valence-corrected chi connectivity index (χ2v) is 4.80. The maximum absolute atomic E-state index is 13.2. The third kappa shape index (κ3) is 3.17. The lowest BCUT2D eigenvalue weighted by atomic mass is 10.2. The molecule has 1 unspecified atom stereocenters. The Kier molecular flexibility index (Phi) is 3.92. The fourth-order valence-corrected chi connectivity index (χ4v) is 1.90. The van der Waals surface area contributed by atoms with E-state index in [1.54, 1.807) is 19.1 Å². The van der Waals surface area contributed by atoms with Gasteiger partial charge in [0.15, 0.2) is 5.82 Å². The van der Waals surface area contributed by atoms with E-state index in [1.807, 2.05) is 6.92 Å². The van der Waals surface area contributed by atoms with Crippen LogP contribution in [0.3, 0.4) is 0 Å². The van der Waals surface area contributed by atoms with Gasteiger partial charge in [0.2, 0.25) is 17.6 Å². The average molecular weight is 303 g/mol. The third-order valence-electron chi connectivity index (χ3n) is 3.03. The maximum Gasteiger partial charge on any atom is 0.243 e. The predicted molar refractivity (Wildman–Crippen MR) is 74.0 cm³/mol. The quantitative estimate of drug-likeness (QED) is 0.774. The first-order valence-electron chi connectivity index (χ1n) is 6.74. The minimum atomic E-state index is -0.345. The first kappa shape index (κ1) is 14.3. The number of nitrogens with one attached hydrogen (secondary N) is 1. The molecule has 0 radical (unpaired) electrons. The van der Waals surface area contributed by atoms with Crippen molar-refractivity contribution in [1.82, 2.24) is 25.6 Å². The van der Waals surface area contributed by atoms with Gasteiger partial charge in [0, 0.05) is 12.5 Å². The summed E-state index contributed by atoms with van der Waals surface area (Å²) in [6.07, 6.45) is 0. The molecule has 0 saturated carbocycles. The maximum atomic E-state index is 13.2. The van der Waals surface area contributed by atoms with Crippen molar-refractivity contribution in [3.8, 4) is 11.4 Å². The van der Waals surface area contributed by atoms with Crippen molar-refractivity contribution in [1.29, 1.82) is 0 Å². The summed E-state index contributed by atoms with van der Waals surface area (Å²) in [4.78, 5) is 8.36. The van der Waals surface area contributed by atoms with Crippen LogP contribution < -0.4 is 5.32 Å². The summed E-state index contributed by atoms with van der Waals surface area (Å²) < 4.78 is 23.3. The van der Waals surface area contributed by atoms with Crippen molar-refractivity contribution < 1.29 is 13.4 Å². The van der Waals surface area contributed by atoms with E-state index in [0.29, 0.717) is 35.5 Å². The molecule has 0 amide bonds. The second-order valence-electron chi connectivity index (χ2n) is 4.80. The van der Waals surface area contributed by atoms with Crippen LogP contribution in [0.15, 0.2) is 33.3 Å². The number of benzene rings is 1. The van der Waals surface area contributed by atoms with Crippen molar-refractivity contribution in [2.75, 3.05) is 0 Å². The Hall–Kier alpha value is -2.61. The van der Waals surface area contributed by atoms with Crippen LogP contribution in [0.25, 0.3) is 11.4 Å². The lowest BCUT2D eigenvalue weighted by molar-refractivity contribution is 0.335. The molecular weight excluding hydrogens is 289 g/mol. The highest BCUT2D eigenvalue weighted by atomic mass is 19.1. The van der Waals surface area contributed by atoms with Crippen molar-refractivity contribution in [3.63, 3.8) is 0 Å². The Morgan fingerprint density at radius 3 is 2.82 bits per heavy atom. The summed E-state index contributed by atoms with van der Waals surface area (Å²) in [5, 5.41) is 10.8. The van der Waals surface area contributed by atoms with Crippen LogP contribution in [0.4, 0.5) is 4.39 Å². The molecule has 0 fully saturated rings. The average Bonchev–Trinajstić information content (AvgIpc) is 3.14. The fraction of sp³-hybridized carbons (Fsp3) is 0.286. The van der Waals surface area contributed by atoms with Crippen LogP contribution in [-0.2, 0) is 6.54 Å². The summed E-state index contributed by atoms with van der Waals surface area (Å²) in [5.74, 6) is 1.46.